The van der Waals surface area contributed by atoms with Crippen LogP contribution in [0.15, 0.2) is 53.4 Å². The number of nitrogens with one attached hydrogen (secondary N) is 1. The topological polar surface area (TPSA) is 89.3 Å². The molecule has 1 atom stereocenters. The lowest BCUT2D eigenvalue weighted by molar-refractivity contribution is -0.387. The van der Waals surface area contributed by atoms with Gasteiger partial charge in [0.05, 0.1) is 4.92 Å². The minimum atomic E-state index is -4.00. The number of para-hydroxylation sites is 1. The number of sulfonamides is 1. The molecular formula is C16H18N2O4S. The number of aryl methyl sites for hydroxylation is 1. The molecule has 0 saturated carbocycles. The van der Waals surface area contributed by atoms with E-state index in [1.165, 1.54) is 24.3 Å². The van der Waals surface area contributed by atoms with E-state index < -0.39 is 26.7 Å². The average molecular weight is 334 g/mol. The van der Waals surface area contributed by atoms with E-state index in [4.69, 9.17) is 0 Å². The molecule has 0 unspecified atom stereocenters. The fourth-order valence-corrected chi connectivity index (χ4v) is 3.75. The predicted molar refractivity (Wildman–Crippen MR) is 87.6 cm³/mol. The van der Waals surface area contributed by atoms with Gasteiger partial charge in [-0.25, -0.2) is 13.1 Å². The normalized spacial score (nSPS) is 12.8. The van der Waals surface area contributed by atoms with Crippen molar-refractivity contribution in [3.63, 3.8) is 0 Å². The number of hydrogen-bond donors (Lipinski definition) is 1. The van der Waals surface area contributed by atoms with Crippen molar-refractivity contribution >= 4 is 15.7 Å². The van der Waals surface area contributed by atoms with Gasteiger partial charge in [0.1, 0.15) is 0 Å². The summed E-state index contributed by atoms with van der Waals surface area (Å²) in [6.07, 6.45) is 0.531. The summed E-state index contributed by atoms with van der Waals surface area (Å²) in [5.41, 5.74) is 1.46. The number of nitrogens with zero attached hydrogens (tertiary/aromatic N) is 1. The van der Waals surface area contributed by atoms with Crippen molar-refractivity contribution in [2.75, 3.05) is 0 Å². The molecule has 0 fully saturated rings. The molecule has 0 amide bonds. The van der Waals surface area contributed by atoms with Gasteiger partial charge < -0.3 is 0 Å². The fourth-order valence-electron chi connectivity index (χ4n) is 2.27. The van der Waals surface area contributed by atoms with E-state index in [-0.39, 0.29) is 4.90 Å². The zero-order chi connectivity index (χ0) is 17.0. The first-order valence-corrected chi connectivity index (χ1v) is 8.65. The Morgan fingerprint density at radius 2 is 1.74 bits per heavy atom. The molecule has 0 radical (unpaired) electrons. The monoisotopic (exact) mass is 334 g/mol. The van der Waals surface area contributed by atoms with Crippen LogP contribution in [0.2, 0.25) is 0 Å². The summed E-state index contributed by atoms with van der Waals surface area (Å²) in [4.78, 5) is 10.0. The molecule has 0 aromatic heterocycles. The van der Waals surface area contributed by atoms with Crippen LogP contribution in [0.5, 0.6) is 0 Å². The van der Waals surface area contributed by atoms with E-state index in [9.17, 15) is 18.5 Å². The van der Waals surface area contributed by atoms with Crippen LogP contribution in [0.25, 0.3) is 0 Å². The first-order chi connectivity index (χ1) is 10.8. The van der Waals surface area contributed by atoms with Gasteiger partial charge in [-0.1, -0.05) is 48.9 Å². The number of benzene rings is 2. The Bertz CT molecular complexity index is 801. The summed E-state index contributed by atoms with van der Waals surface area (Å²) in [6.45, 7) is 3.80. The molecule has 23 heavy (non-hydrogen) atoms. The maximum absolute atomic E-state index is 12.6. The van der Waals surface area contributed by atoms with Crippen LogP contribution in [-0.2, 0) is 10.0 Å². The van der Waals surface area contributed by atoms with Crippen molar-refractivity contribution in [1.82, 2.24) is 4.72 Å². The van der Waals surface area contributed by atoms with E-state index in [0.29, 0.717) is 6.42 Å². The van der Waals surface area contributed by atoms with Gasteiger partial charge >= 0.3 is 0 Å². The molecule has 2 aromatic rings. The van der Waals surface area contributed by atoms with E-state index in [2.05, 4.69) is 4.72 Å². The highest BCUT2D eigenvalue weighted by Crippen LogP contribution is 2.26. The third-order valence-corrected chi connectivity index (χ3v) is 5.06. The van der Waals surface area contributed by atoms with Crippen molar-refractivity contribution in [3.8, 4) is 0 Å². The zero-order valence-electron chi connectivity index (χ0n) is 12.9. The minimum Gasteiger partial charge on any atom is -0.258 e. The molecule has 122 valence electrons. The summed E-state index contributed by atoms with van der Waals surface area (Å²) in [5.74, 6) is 0. The number of hydrogen-bond acceptors (Lipinski definition) is 4. The Morgan fingerprint density at radius 1 is 1.13 bits per heavy atom. The van der Waals surface area contributed by atoms with Crippen LogP contribution >= 0.6 is 0 Å². The second kappa shape index (κ2) is 6.89. The molecule has 6 nitrogen and oxygen atoms in total. The number of nitro benzene ring substituents is 1. The molecule has 1 N–H and O–H groups in total. The van der Waals surface area contributed by atoms with Crippen LogP contribution in [0.1, 0.15) is 30.5 Å². The van der Waals surface area contributed by atoms with Crippen molar-refractivity contribution < 1.29 is 13.3 Å². The van der Waals surface area contributed by atoms with Gasteiger partial charge in [-0.15, -0.1) is 0 Å². The molecule has 0 saturated heterocycles. The van der Waals surface area contributed by atoms with Gasteiger partial charge in [0.25, 0.3) is 5.69 Å². The van der Waals surface area contributed by atoms with Gasteiger partial charge in [0.15, 0.2) is 4.90 Å². The Kier molecular flexibility index (Phi) is 5.12. The molecule has 0 aliphatic carbocycles. The lowest BCUT2D eigenvalue weighted by Crippen LogP contribution is -2.28. The van der Waals surface area contributed by atoms with Gasteiger partial charge in [-0.05, 0) is 25.0 Å². The summed E-state index contributed by atoms with van der Waals surface area (Å²) >= 11 is 0. The molecule has 2 rings (SSSR count). The van der Waals surface area contributed by atoms with Crippen molar-refractivity contribution in [3.05, 3.63) is 69.8 Å². The maximum Gasteiger partial charge on any atom is 0.289 e. The zero-order valence-corrected chi connectivity index (χ0v) is 13.7. The van der Waals surface area contributed by atoms with Crippen molar-refractivity contribution in [1.29, 1.82) is 0 Å². The quantitative estimate of drug-likeness (QED) is 0.648. The standard InChI is InChI=1S/C16H18N2O4S/c1-3-14(13-10-8-12(2)9-11-13)17-23(21,22)16-7-5-4-6-15(16)18(19)20/h4-11,14,17H,3H2,1-2H3/t14-/m0/s1. The van der Waals surface area contributed by atoms with Crippen LogP contribution in [0.4, 0.5) is 5.69 Å². The predicted octanol–water partition coefficient (Wildman–Crippen LogP) is 3.33. The van der Waals surface area contributed by atoms with Crippen LogP contribution < -0.4 is 4.72 Å². The lowest BCUT2D eigenvalue weighted by Gasteiger charge is -2.17. The summed E-state index contributed by atoms with van der Waals surface area (Å²) in [6, 6.07) is 12.4. The fraction of sp³-hybridized carbons (Fsp3) is 0.250. The second-order valence-corrected chi connectivity index (χ2v) is 6.90. The largest absolute Gasteiger partial charge is 0.289 e. The van der Waals surface area contributed by atoms with Gasteiger partial charge in [-0.2, -0.15) is 0 Å². The molecule has 0 heterocycles. The smallest absolute Gasteiger partial charge is 0.258 e. The van der Waals surface area contributed by atoms with E-state index in [1.54, 1.807) is 0 Å². The van der Waals surface area contributed by atoms with E-state index >= 15 is 0 Å². The molecule has 2 aromatic carbocycles. The number of rotatable bonds is 6. The molecule has 0 bridgehead atoms. The third kappa shape index (κ3) is 3.94. The highest BCUT2D eigenvalue weighted by atomic mass is 32.2. The molecule has 0 spiro atoms. The van der Waals surface area contributed by atoms with Gasteiger partial charge in [0.2, 0.25) is 10.0 Å². The molecule has 7 heteroatoms. The van der Waals surface area contributed by atoms with Crippen LogP contribution in [0, 0.1) is 17.0 Å². The average Bonchev–Trinajstić information content (AvgIpc) is 2.53. The van der Waals surface area contributed by atoms with Gasteiger partial charge in [0, 0.05) is 12.1 Å². The Labute approximate surface area is 135 Å². The third-order valence-electron chi connectivity index (χ3n) is 3.54. The van der Waals surface area contributed by atoms with Crippen molar-refractivity contribution in [2.45, 2.75) is 31.2 Å². The summed E-state index contributed by atoms with van der Waals surface area (Å²) < 4.78 is 27.7. The lowest BCUT2D eigenvalue weighted by atomic mass is 10.0. The summed E-state index contributed by atoms with van der Waals surface area (Å²) in [5, 5.41) is 11.0. The molecular weight excluding hydrogens is 316 g/mol. The maximum atomic E-state index is 12.6. The van der Waals surface area contributed by atoms with E-state index in [1.807, 2.05) is 38.1 Å². The Hall–Kier alpha value is -2.25. The number of nitro groups is 1. The summed E-state index contributed by atoms with van der Waals surface area (Å²) in [7, 11) is -4.00. The van der Waals surface area contributed by atoms with Crippen LogP contribution in [-0.4, -0.2) is 13.3 Å². The SMILES string of the molecule is CC[C@H](NS(=O)(=O)c1ccccc1[N+](=O)[O-])c1ccc(C)cc1. The van der Waals surface area contributed by atoms with E-state index in [0.717, 1.165) is 11.1 Å². The van der Waals surface area contributed by atoms with Crippen molar-refractivity contribution in [2.24, 2.45) is 0 Å². The minimum absolute atomic E-state index is 0.324. The first-order valence-electron chi connectivity index (χ1n) is 7.17. The second-order valence-electron chi connectivity index (χ2n) is 5.22. The molecule has 0 aliphatic rings. The Balaban J connectivity index is 2.36. The Morgan fingerprint density at radius 3 is 2.30 bits per heavy atom. The highest BCUT2D eigenvalue weighted by Gasteiger charge is 2.27. The molecule has 0 aliphatic heterocycles. The first kappa shape index (κ1) is 17.1. The van der Waals surface area contributed by atoms with Crippen LogP contribution in [0.3, 0.4) is 0 Å². The van der Waals surface area contributed by atoms with Gasteiger partial charge in [-0.3, -0.25) is 10.1 Å². The highest BCUT2D eigenvalue weighted by molar-refractivity contribution is 7.89.